The lowest BCUT2D eigenvalue weighted by Gasteiger charge is -2.13. The van der Waals surface area contributed by atoms with Crippen molar-refractivity contribution < 1.29 is 9.50 Å². The Morgan fingerprint density at radius 3 is 2.90 bits per heavy atom. The van der Waals surface area contributed by atoms with Crippen LogP contribution < -0.4 is 4.74 Å². The molecular weight excluding hydrogens is 276 g/mol. The predicted molar refractivity (Wildman–Crippen MR) is 76.4 cm³/mol. The molecule has 5 heteroatoms. The molecule has 0 spiro atoms. The van der Waals surface area contributed by atoms with E-state index in [4.69, 9.17) is 16.3 Å². The number of ether oxygens (including phenoxy) is 1. The highest BCUT2D eigenvalue weighted by atomic mass is 35.5. The lowest BCUT2D eigenvalue weighted by Crippen LogP contribution is -2.10. The van der Waals surface area contributed by atoms with Crippen LogP contribution in [0.3, 0.4) is 0 Å². The standard InChI is InChI=1S/C15H12ClN2O2/c16-15-8-14(20-10-11-4-2-1-3-5-11)12-9-18(19)7-6-13(12)17-15/h1-8H,9-10H2/q+1. The van der Waals surface area contributed by atoms with Crippen molar-refractivity contribution in [1.82, 2.24) is 4.98 Å². The number of fused-ring (bicyclic) bond motifs is 1. The van der Waals surface area contributed by atoms with Gasteiger partial charge in [-0.1, -0.05) is 41.9 Å². The van der Waals surface area contributed by atoms with Gasteiger partial charge in [-0.05, 0) is 5.56 Å². The minimum Gasteiger partial charge on any atom is -0.488 e. The minimum absolute atomic E-state index is 0.222. The number of benzene rings is 1. The second-order valence-electron chi connectivity index (χ2n) is 4.47. The first kappa shape index (κ1) is 12.8. The molecule has 1 aromatic heterocycles. The van der Waals surface area contributed by atoms with Gasteiger partial charge >= 0.3 is 0 Å². The Bertz CT molecular complexity index is 684. The molecule has 0 unspecified atom stereocenters. The van der Waals surface area contributed by atoms with Gasteiger partial charge in [0, 0.05) is 21.8 Å². The molecule has 0 aliphatic carbocycles. The second kappa shape index (κ2) is 5.43. The number of rotatable bonds is 3. The third-order valence-corrected chi connectivity index (χ3v) is 3.23. The van der Waals surface area contributed by atoms with Crippen molar-refractivity contribution in [2.45, 2.75) is 13.2 Å². The van der Waals surface area contributed by atoms with E-state index >= 15 is 0 Å². The van der Waals surface area contributed by atoms with E-state index in [1.54, 1.807) is 12.1 Å². The van der Waals surface area contributed by atoms with Crippen LogP contribution in [0.1, 0.15) is 16.8 Å². The monoisotopic (exact) mass is 287 g/mol. The summed E-state index contributed by atoms with van der Waals surface area (Å²) >= 11 is 5.98. The molecule has 20 heavy (non-hydrogen) atoms. The summed E-state index contributed by atoms with van der Waals surface area (Å²) in [5.41, 5.74) is 2.51. The molecule has 0 atom stereocenters. The highest BCUT2D eigenvalue weighted by molar-refractivity contribution is 6.29. The van der Waals surface area contributed by atoms with Crippen LogP contribution in [-0.4, -0.2) is 9.74 Å². The molecule has 2 heterocycles. The lowest BCUT2D eigenvalue weighted by molar-refractivity contribution is -0.496. The van der Waals surface area contributed by atoms with Crippen LogP contribution in [0.2, 0.25) is 5.15 Å². The molecule has 1 aliphatic rings. The largest absolute Gasteiger partial charge is 0.488 e. The van der Waals surface area contributed by atoms with Crippen molar-refractivity contribution in [2.24, 2.45) is 0 Å². The van der Waals surface area contributed by atoms with Gasteiger partial charge in [-0.15, -0.1) is 0 Å². The average molecular weight is 288 g/mol. The molecule has 1 aromatic carbocycles. The number of hydrogen-bond donors (Lipinski definition) is 0. The molecule has 3 rings (SSSR count). The highest BCUT2D eigenvalue weighted by Gasteiger charge is 2.22. The smallest absolute Gasteiger partial charge is 0.229 e. The molecule has 0 saturated carbocycles. The quantitative estimate of drug-likeness (QED) is 0.640. The maximum atomic E-state index is 11.5. The third kappa shape index (κ3) is 2.70. The average Bonchev–Trinajstić information content (AvgIpc) is 2.46. The maximum absolute atomic E-state index is 11.5. The molecule has 4 nitrogen and oxygen atoms in total. The second-order valence-corrected chi connectivity index (χ2v) is 4.86. The summed E-state index contributed by atoms with van der Waals surface area (Å²) < 4.78 is 6.64. The summed E-state index contributed by atoms with van der Waals surface area (Å²) in [6.07, 6.45) is 3.08. The van der Waals surface area contributed by atoms with Crippen LogP contribution in [0.4, 0.5) is 0 Å². The normalized spacial score (nSPS) is 13.2. The summed E-state index contributed by atoms with van der Waals surface area (Å²) in [7, 11) is 0. The molecule has 100 valence electrons. The molecule has 2 aromatic rings. The van der Waals surface area contributed by atoms with Crippen molar-refractivity contribution in [3.05, 3.63) is 69.5 Å². The zero-order valence-corrected chi connectivity index (χ0v) is 11.4. The van der Waals surface area contributed by atoms with Gasteiger partial charge in [-0.2, -0.15) is 0 Å². The summed E-state index contributed by atoms with van der Waals surface area (Å²) in [5.74, 6) is 0.606. The first-order valence-corrected chi connectivity index (χ1v) is 6.58. The van der Waals surface area contributed by atoms with Crippen LogP contribution in [0.5, 0.6) is 5.75 Å². The van der Waals surface area contributed by atoms with Gasteiger partial charge < -0.3 is 4.74 Å². The Balaban J connectivity index is 1.88. The molecule has 0 N–H and O–H groups in total. The number of pyridine rings is 1. The van der Waals surface area contributed by atoms with Crippen molar-refractivity contribution >= 4 is 17.7 Å². The van der Waals surface area contributed by atoms with E-state index in [0.717, 1.165) is 15.9 Å². The Hall–Kier alpha value is -2.20. The molecule has 0 bridgehead atoms. The van der Waals surface area contributed by atoms with Gasteiger partial charge in [0.15, 0.2) is 0 Å². The molecule has 0 radical (unpaired) electrons. The molecule has 0 fully saturated rings. The molecule has 0 saturated heterocycles. The Morgan fingerprint density at radius 1 is 1.30 bits per heavy atom. The number of aromatic nitrogens is 1. The minimum atomic E-state index is 0.222. The van der Waals surface area contributed by atoms with Crippen LogP contribution in [-0.2, 0) is 13.2 Å². The topological polar surface area (TPSA) is 42.2 Å². The summed E-state index contributed by atoms with van der Waals surface area (Å²) in [6, 6.07) is 11.5. The fourth-order valence-electron chi connectivity index (χ4n) is 2.06. The number of halogens is 1. The Morgan fingerprint density at radius 2 is 2.10 bits per heavy atom. The van der Waals surface area contributed by atoms with E-state index in [2.05, 4.69) is 4.98 Å². The lowest BCUT2D eigenvalue weighted by atomic mass is 10.1. The first-order valence-electron chi connectivity index (χ1n) is 6.20. The van der Waals surface area contributed by atoms with Gasteiger partial charge in [0.05, 0.1) is 11.3 Å². The molecular formula is C15H12ClN2O2+. The van der Waals surface area contributed by atoms with Crippen molar-refractivity contribution in [3.8, 4) is 5.75 Å². The van der Waals surface area contributed by atoms with Crippen LogP contribution in [0.25, 0.3) is 6.08 Å². The van der Waals surface area contributed by atoms with Gasteiger partial charge in [-0.25, -0.2) is 4.98 Å². The van der Waals surface area contributed by atoms with E-state index < -0.39 is 0 Å². The van der Waals surface area contributed by atoms with Crippen LogP contribution in [0.15, 0.2) is 42.6 Å². The predicted octanol–water partition coefficient (Wildman–Crippen LogP) is 3.58. The zero-order chi connectivity index (χ0) is 13.9. The Labute approximate surface area is 121 Å². The van der Waals surface area contributed by atoms with Crippen LogP contribution in [0, 0.1) is 4.91 Å². The Kier molecular flexibility index (Phi) is 3.48. The third-order valence-electron chi connectivity index (χ3n) is 3.03. The summed E-state index contributed by atoms with van der Waals surface area (Å²) in [4.78, 5) is 15.6. The molecule has 0 amide bonds. The highest BCUT2D eigenvalue weighted by Crippen LogP contribution is 2.29. The SMILES string of the molecule is O=[N+]1C=Cc2nc(Cl)cc(OCc3ccccc3)c2C1. The van der Waals surface area contributed by atoms with E-state index in [1.165, 1.54) is 6.20 Å². The fourth-order valence-corrected chi connectivity index (χ4v) is 2.25. The number of nitrogens with zero attached hydrogens (tertiary/aromatic N) is 2. The van der Waals surface area contributed by atoms with Crippen molar-refractivity contribution in [3.63, 3.8) is 0 Å². The summed E-state index contributed by atoms with van der Waals surface area (Å²) in [6.45, 7) is 0.649. The number of nitroso groups, excluding NO2 is 1. The first-order chi connectivity index (χ1) is 9.72. The van der Waals surface area contributed by atoms with E-state index in [9.17, 15) is 4.91 Å². The van der Waals surface area contributed by atoms with E-state index in [1.807, 2.05) is 30.3 Å². The van der Waals surface area contributed by atoms with Crippen molar-refractivity contribution in [2.75, 3.05) is 0 Å². The molecule has 1 aliphatic heterocycles. The van der Waals surface area contributed by atoms with E-state index in [-0.39, 0.29) is 6.54 Å². The fraction of sp³-hybridized carbons (Fsp3) is 0.133. The van der Waals surface area contributed by atoms with Crippen molar-refractivity contribution in [1.29, 1.82) is 0 Å². The van der Waals surface area contributed by atoms with E-state index in [0.29, 0.717) is 23.2 Å². The number of hydrogen-bond acceptors (Lipinski definition) is 3. The van der Waals surface area contributed by atoms with Gasteiger partial charge in [0.1, 0.15) is 17.5 Å². The van der Waals surface area contributed by atoms with Gasteiger partial charge in [0.25, 0.3) is 0 Å². The maximum Gasteiger partial charge on any atom is 0.229 e. The van der Waals surface area contributed by atoms with Gasteiger partial charge in [-0.3, -0.25) is 0 Å². The van der Waals surface area contributed by atoms with Gasteiger partial charge in [0.2, 0.25) is 12.7 Å². The summed E-state index contributed by atoms with van der Waals surface area (Å²) in [5, 5.41) is 0.357. The zero-order valence-electron chi connectivity index (χ0n) is 10.6. The van der Waals surface area contributed by atoms with Crippen LogP contribution >= 0.6 is 11.6 Å².